The number of nitrogens with zero attached hydrogens (tertiary/aromatic N) is 1. The summed E-state index contributed by atoms with van der Waals surface area (Å²) in [6.45, 7) is 10.9. The van der Waals surface area contributed by atoms with Crippen LogP contribution in [-0.4, -0.2) is 22.9 Å². The Morgan fingerprint density at radius 1 is 0.682 bits per heavy atom. The van der Waals surface area contributed by atoms with Gasteiger partial charge in [0.25, 0.3) is 0 Å². The lowest BCUT2D eigenvalue weighted by molar-refractivity contribution is 0.00578. The fourth-order valence-electron chi connectivity index (χ4n) is 7.42. The summed E-state index contributed by atoms with van der Waals surface area (Å²) in [7, 11) is -0.446. The Morgan fingerprint density at radius 2 is 1.25 bits per heavy atom. The van der Waals surface area contributed by atoms with E-state index in [9.17, 15) is 0 Å². The first kappa shape index (κ1) is 27.4. The average Bonchev–Trinajstić information content (AvgIpc) is 3.49. The number of aromatic nitrogens is 1. The van der Waals surface area contributed by atoms with E-state index >= 15 is 0 Å². The molecule has 0 spiro atoms. The Bertz CT molecular complexity index is 1990. The molecule has 2 heterocycles. The van der Waals surface area contributed by atoms with Crippen LogP contribution in [0.4, 0.5) is 0 Å². The molecule has 1 fully saturated rings. The van der Waals surface area contributed by atoms with Gasteiger partial charge in [-0.25, -0.2) is 0 Å². The van der Waals surface area contributed by atoms with Crippen LogP contribution in [0.25, 0.3) is 38.6 Å². The van der Waals surface area contributed by atoms with Gasteiger partial charge in [0.05, 0.1) is 22.2 Å². The first-order valence-electron chi connectivity index (χ1n) is 15.9. The van der Waals surface area contributed by atoms with Crippen molar-refractivity contribution in [3.63, 3.8) is 0 Å². The molecule has 0 amide bonds. The molecule has 3 nitrogen and oxygen atoms in total. The van der Waals surface area contributed by atoms with E-state index in [0.29, 0.717) is 5.92 Å². The third-order valence-corrected chi connectivity index (χ3v) is 10.6. The number of hydrogen-bond acceptors (Lipinski definition) is 2. The number of rotatable bonds is 4. The molecule has 5 aromatic carbocycles. The van der Waals surface area contributed by atoms with E-state index in [0.717, 1.165) is 17.6 Å². The molecule has 2 aliphatic rings. The van der Waals surface area contributed by atoms with Gasteiger partial charge in [-0.2, -0.15) is 0 Å². The lowest BCUT2D eigenvalue weighted by Gasteiger charge is -2.33. The zero-order valence-corrected chi connectivity index (χ0v) is 26.2. The average molecular weight is 576 g/mol. The molecule has 6 aromatic rings. The van der Waals surface area contributed by atoms with Gasteiger partial charge < -0.3 is 13.9 Å². The van der Waals surface area contributed by atoms with Crippen molar-refractivity contribution >= 4 is 34.4 Å². The molecule has 1 aliphatic carbocycles. The first-order valence-corrected chi connectivity index (χ1v) is 15.9. The predicted molar refractivity (Wildman–Crippen MR) is 183 cm³/mol. The van der Waals surface area contributed by atoms with Crippen molar-refractivity contribution in [1.82, 2.24) is 4.57 Å². The molecule has 0 N–H and O–H groups in total. The van der Waals surface area contributed by atoms with Gasteiger partial charge in [-0.3, -0.25) is 0 Å². The Balaban J connectivity index is 1.32. The van der Waals surface area contributed by atoms with Crippen LogP contribution < -0.4 is 5.46 Å². The quantitative estimate of drug-likeness (QED) is 0.196. The molecule has 0 saturated carbocycles. The highest BCUT2D eigenvalue weighted by atomic mass is 16.7. The molecule has 1 aromatic heterocycles. The summed E-state index contributed by atoms with van der Waals surface area (Å²) in [5.74, 6) is 0.611. The molecule has 0 bridgehead atoms. The third-order valence-electron chi connectivity index (χ3n) is 10.6. The van der Waals surface area contributed by atoms with Crippen molar-refractivity contribution in [2.75, 3.05) is 0 Å². The smallest absolute Gasteiger partial charge is 0.399 e. The summed E-state index contributed by atoms with van der Waals surface area (Å²) in [6.07, 6.45) is 1.01. The fourth-order valence-corrected chi connectivity index (χ4v) is 7.42. The summed E-state index contributed by atoms with van der Waals surface area (Å²) in [6, 6.07) is 42.4. The normalized spacial score (nSPS) is 19.2. The summed E-state index contributed by atoms with van der Waals surface area (Å²) in [5, 5.41) is 2.52. The van der Waals surface area contributed by atoms with Crippen LogP contribution in [0.15, 0.2) is 115 Å². The van der Waals surface area contributed by atoms with Crippen molar-refractivity contribution in [3.8, 4) is 16.8 Å². The Kier molecular flexibility index (Phi) is 6.21. The summed E-state index contributed by atoms with van der Waals surface area (Å²) in [5.41, 5.74) is 10.6. The van der Waals surface area contributed by atoms with Gasteiger partial charge in [-0.15, -0.1) is 0 Å². The van der Waals surface area contributed by atoms with Crippen molar-refractivity contribution < 1.29 is 9.31 Å². The molecule has 1 saturated heterocycles. The number of fused-ring (bicyclic) bond motifs is 6. The molecule has 8 rings (SSSR count). The summed E-state index contributed by atoms with van der Waals surface area (Å²) < 4.78 is 15.7. The fraction of sp³-hybridized carbons (Fsp3) is 0.250. The standard InChI is InChI=1S/C40H38BNO2/c1-26(36-24-27-14-6-7-15-31(27)32-16-8-9-17-33(32)36)28-22-29(41-43-39(2,3)40(4,5)44-41)25-30(23-28)42-37-20-12-10-18-34(37)35-19-11-13-21-38(35)42/h6-23,25-26,36H,24H2,1-5H3/t26-,36?/m0/s1. The van der Waals surface area contributed by atoms with Gasteiger partial charge in [0.2, 0.25) is 0 Å². The van der Waals surface area contributed by atoms with E-state index in [2.05, 4.69) is 154 Å². The number of benzene rings is 5. The van der Waals surface area contributed by atoms with Gasteiger partial charge in [-0.1, -0.05) is 97.9 Å². The molecule has 44 heavy (non-hydrogen) atoms. The lowest BCUT2D eigenvalue weighted by atomic mass is 9.70. The minimum atomic E-state index is -0.446. The van der Waals surface area contributed by atoms with Gasteiger partial charge in [0.15, 0.2) is 0 Å². The minimum absolute atomic E-state index is 0.263. The first-order chi connectivity index (χ1) is 21.2. The van der Waals surface area contributed by atoms with Crippen LogP contribution in [0.2, 0.25) is 0 Å². The van der Waals surface area contributed by atoms with Crippen LogP contribution in [0.3, 0.4) is 0 Å². The van der Waals surface area contributed by atoms with Crippen LogP contribution >= 0.6 is 0 Å². The number of para-hydroxylation sites is 2. The van der Waals surface area contributed by atoms with E-state index in [1.165, 1.54) is 49.6 Å². The molecule has 1 unspecified atom stereocenters. The van der Waals surface area contributed by atoms with E-state index in [-0.39, 0.29) is 5.92 Å². The van der Waals surface area contributed by atoms with E-state index < -0.39 is 18.3 Å². The zero-order chi connectivity index (χ0) is 30.2. The maximum Gasteiger partial charge on any atom is 0.494 e. The van der Waals surface area contributed by atoms with Crippen LogP contribution in [-0.2, 0) is 15.7 Å². The molecule has 2 atom stereocenters. The second-order valence-electron chi connectivity index (χ2n) is 13.7. The van der Waals surface area contributed by atoms with Gasteiger partial charge in [-0.05, 0) is 103 Å². The largest absolute Gasteiger partial charge is 0.494 e. The SMILES string of the molecule is C[C@@H](c1cc(B2OC(C)(C)C(C)(C)O2)cc(-n2c3ccccc3c3ccccc32)c1)C1Cc2ccccc2-c2ccccc21. The Labute approximate surface area is 260 Å². The van der Waals surface area contributed by atoms with Crippen LogP contribution in [0.5, 0.6) is 0 Å². The van der Waals surface area contributed by atoms with E-state index in [1.807, 2.05) is 0 Å². The Morgan fingerprint density at radius 3 is 1.93 bits per heavy atom. The lowest BCUT2D eigenvalue weighted by Crippen LogP contribution is -2.41. The molecule has 218 valence electrons. The molecular formula is C40H38BNO2. The highest BCUT2D eigenvalue weighted by Gasteiger charge is 2.52. The molecule has 0 radical (unpaired) electrons. The van der Waals surface area contributed by atoms with Crippen molar-refractivity contribution in [2.45, 2.75) is 64.1 Å². The van der Waals surface area contributed by atoms with Crippen LogP contribution in [0.1, 0.15) is 63.1 Å². The summed E-state index contributed by atoms with van der Waals surface area (Å²) >= 11 is 0. The maximum absolute atomic E-state index is 6.65. The molecule has 1 aliphatic heterocycles. The highest BCUT2D eigenvalue weighted by molar-refractivity contribution is 6.62. The van der Waals surface area contributed by atoms with Gasteiger partial charge >= 0.3 is 7.12 Å². The van der Waals surface area contributed by atoms with E-state index in [1.54, 1.807) is 0 Å². The van der Waals surface area contributed by atoms with E-state index in [4.69, 9.17) is 9.31 Å². The summed E-state index contributed by atoms with van der Waals surface area (Å²) in [4.78, 5) is 0. The topological polar surface area (TPSA) is 23.4 Å². The second kappa shape index (κ2) is 9.95. The maximum atomic E-state index is 6.65. The highest BCUT2D eigenvalue weighted by Crippen LogP contribution is 2.46. The van der Waals surface area contributed by atoms with Gasteiger partial charge in [0.1, 0.15) is 0 Å². The second-order valence-corrected chi connectivity index (χ2v) is 13.7. The predicted octanol–water partition coefficient (Wildman–Crippen LogP) is 9.19. The molecular weight excluding hydrogens is 537 g/mol. The monoisotopic (exact) mass is 575 g/mol. The van der Waals surface area contributed by atoms with Crippen LogP contribution in [0, 0.1) is 0 Å². The minimum Gasteiger partial charge on any atom is -0.399 e. The zero-order valence-electron chi connectivity index (χ0n) is 26.2. The van der Waals surface area contributed by atoms with Crippen molar-refractivity contribution in [1.29, 1.82) is 0 Å². The molecule has 4 heteroatoms. The van der Waals surface area contributed by atoms with Crippen molar-refractivity contribution in [2.24, 2.45) is 0 Å². The van der Waals surface area contributed by atoms with Crippen molar-refractivity contribution in [3.05, 3.63) is 132 Å². The van der Waals surface area contributed by atoms with Gasteiger partial charge in [0, 0.05) is 16.5 Å². The Hall–Kier alpha value is -4.12. The number of hydrogen-bond donors (Lipinski definition) is 0. The third kappa shape index (κ3) is 4.19.